The van der Waals surface area contributed by atoms with Crippen molar-refractivity contribution in [1.29, 1.82) is 0 Å². The van der Waals surface area contributed by atoms with Gasteiger partial charge < -0.3 is 23.0 Å². The number of nitrogens with zero attached hydrogens (tertiary/aromatic N) is 6. The zero-order valence-electron chi connectivity index (χ0n) is 29.3. The van der Waals surface area contributed by atoms with Gasteiger partial charge in [0, 0.05) is 97.8 Å². The van der Waals surface area contributed by atoms with E-state index in [4.69, 9.17) is 9.72 Å². The van der Waals surface area contributed by atoms with Crippen LogP contribution in [0, 0.1) is 18.5 Å². The van der Waals surface area contributed by atoms with Crippen molar-refractivity contribution in [2.75, 3.05) is 0 Å². The number of imidazole rings is 1. The third kappa shape index (κ3) is 4.65. The molecule has 6 aromatic carbocycles. The van der Waals surface area contributed by atoms with Gasteiger partial charge in [-0.3, -0.25) is 4.57 Å². The van der Waals surface area contributed by atoms with E-state index in [2.05, 4.69) is 119 Å². The SMILES string of the molecule is Cn1c2ccccc2c2c3c4ccc(Oc5[c-]c(-[n+]6[c-]n(-c7ccccc7)cc6)ccc5)[c-]c4n(-c4ccccn4)c3c3c(c4ccccc4n3C)c21.[Pt]. The maximum atomic E-state index is 6.56. The van der Waals surface area contributed by atoms with Crippen molar-refractivity contribution in [2.24, 2.45) is 14.1 Å². The molecule has 262 valence electrons. The predicted octanol–water partition coefficient (Wildman–Crippen LogP) is 9.73. The molecular weight excluding hydrogens is 848 g/mol. The standard InChI is InChI=1S/C46H30N6O.Pt/c1-48-37-19-8-6-17-34(37)41-42-36-23-22-33(53-32-16-12-15-31(27-32)51-26-25-50(29-51)30-13-4-3-5-14-30)28-39(36)52(40-21-10-11-24-47-40)46(42)45-43(44(41)48)35-18-7-9-20-38(35)49(45)2;/h3-26H,1-2H3;/q-2;. The maximum absolute atomic E-state index is 6.56. The molecule has 5 aromatic heterocycles. The first-order valence-corrected chi connectivity index (χ1v) is 17.6. The molecule has 0 aliphatic heterocycles. The van der Waals surface area contributed by atoms with Crippen LogP contribution in [0.4, 0.5) is 0 Å². The summed E-state index contributed by atoms with van der Waals surface area (Å²) in [4.78, 5) is 4.92. The number of fused-ring (bicyclic) bond motifs is 12. The molecule has 54 heavy (non-hydrogen) atoms. The van der Waals surface area contributed by atoms with E-state index < -0.39 is 0 Å². The average molecular weight is 878 g/mol. The molecule has 11 rings (SSSR count). The summed E-state index contributed by atoms with van der Waals surface area (Å²) in [5, 5.41) is 7.13. The van der Waals surface area contributed by atoms with E-state index in [9.17, 15) is 0 Å². The molecular formula is C46H30N6OPt-2. The Balaban J connectivity index is 0.00000361. The van der Waals surface area contributed by atoms with E-state index in [0.717, 1.165) is 39.1 Å². The van der Waals surface area contributed by atoms with Crippen LogP contribution in [0.15, 0.2) is 146 Å². The molecule has 5 heterocycles. The molecule has 7 nitrogen and oxygen atoms in total. The summed E-state index contributed by atoms with van der Waals surface area (Å²) in [6, 6.07) is 50.8. The number of hydrogen-bond donors (Lipinski definition) is 0. The van der Waals surface area contributed by atoms with Gasteiger partial charge in [0.25, 0.3) is 6.33 Å². The van der Waals surface area contributed by atoms with Crippen molar-refractivity contribution in [3.8, 4) is 28.7 Å². The number of aryl methyl sites for hydroxylation is 2. The number of para-hydroxylation sites is 3. The van der Waals surface area contributed by atoms with Crippen LogP contribution in [0.5, 0.6) is 11.5 Å². The summed E-state index contributed by atoms with van der Waals surface area (Å²) in [6.07, 6.45) is 9.18. The molecule has 0 saturated heterocycles. The zero-order chi connectivity index (χ0) is 35.2. The molecule has 0 aliphatic carbocycles. The van der Waals surface area contributed by atoms with Gasteiger partial charge in [0.05, 0.1) is 22.2 Å². The summed E-state index contributed by atoms with van der Waals surface area (Å²) in [5.41, 5.74) is 8.56. The second-order valence-corrected chi connectivity index (χ2v) is 13.4. The van der Waals surface area contributed by atoms with Crippen LogP contribution < -0.4 is 9.30 Å². The summed E-state index contributed by atoms with van der Waals surface area (Å²) >= 11 is 0. The zero-order valence-corrected chi connectivity index (χ0v) is 31.5. The quantitative estimate of drug-likeness (QED) is 0.128. The van der Waals surface area contributed by atoms with Crippen LogP contribution in [-0.4, -0.2) is 23.3 Å². The molecule has 0 fully saturated rings. The van der Waals surface area contributed by atoms with Gasteiger partial charge in [-0.2, -0.15) is 18.2 Å². The first-order valence-electron chi connectivity index (χ1n) is 17.6. The molecule has 0 unspecified atom stereocenters. The van der Waals surface area contributed by atoms with Crippen molar-refractivity contribution >= 4 is 65.4 Å². The first kappa shape index (κ1) is 32.2. The fourth-order valence-corrected chi connectivity index (χ4v) is 8.23. The van der Waals surface area contributed by atoms with Gasteiger partial charge in [-0.05, 0) is 47.5 Å². The van der Waals surface area contributed by atoms with Crippen LogP contribution in [0.1, 0.15) is 0 Å². The van der Waals surface area contributed by atoms with E-state index in [1.165, 1.54) is 43.5 Å². The second-order valence-electron chi connectivity index (χ2n) is 13.4. The van der Waals surface area contributed by atoms with Crippen LogP contribution in [0.2, 0.25) is 0 Å². The van der Waals surface area contributed by atoms with E-state index in [1.807, 2.05) is 82.3 Å². The van der Waals surface area contributed by atoms with Gasteiger partial charge >= 0.3 is 0 Å². The van der Waals surface area contributed by atoms with E-state index in [1.54, 1.807) is 0 Å². The summed E-state index contributed by atoms with van der Waals surface area (Å²) in [7, 11) is 4.36. The number of pyridine rings is 1. The van der Waals surface area contributed by atoms with Crippen molar-refractivity contribution in [1.82, 2.24) is 23.3 Å². The van der Waals surface area contributed by atoms with Gasteiger partial charge in [0.1, 0.15) is 5.82 Å². The van der Waals surface area contributed by atoms with Crippen molar-refractivity contribution in [2.45, 2.75) is 0 Å². The van der Waals surface area contributed by atoms with Crippen LogP contribution in [-0.2, 0) is 35.2 Å². The molecule has 0 radical (unpaired) electrons. The van der Waals surface area contributed by atoms with E-state index in [-0.39, 0.29) is 21.1 Å². The summed E-state index contributed by atoms with van der Waals surface area (Å²) in [5.74, 6) is 1.99. The molecule has 0 amide bonds. The second kappa shape index (κ2) is 12.3. The minimum atomic E-state index is 0. The Morgan fingerprint density at radius 3 is 2.06 bits per heavy atom. The fourth-order valence-electron chi connectivity index (χ4n) is 8.23. The fraction of sp³-hybridized carbons (Fsp3) is 0.0435. The molecule has 0 atom stereocenters. The van der Waals surface area contributed by atoms with E-state index >= 15 is 0 Å². The Labute approximate surface area is 324 Å². The van der Waals surface area contributed by atoms with Crippen molar-refractivity contribution in [3.63, 3.8) is 0 Å². The van der Waals surface area contributed by atoms with Crippen molar-refractivity contribution < 1.29 is 30.4 Å². The topological polar surface area (TPSA) is 45.7 Å². The van der Waals surface area contributed by atoms with Crippen LogP contribution in [0.25, 0.3) is 82.6 Å². The van der Waals surface area contributed by atoms with Gasteiger partial charge in [-0.25, -0.2) is 4.98 Å². The molecule has 0 saturated carbocycles. The maximum Gasteiger partial charge on any atom is 0.267 e. The van der Waals surface area contributed by atoms with Crippen molar-refractivity contribution in [3.05, 3.63) is 164 Å². The third-order valence-corrected chi connectivity index (χ3v) is 10.5. The Morgan fingerprint density at radius 1 is 0.593 bits per heavy atom. The average Bonchev–Trinajstić information content (AvgIpc) is 3.97. The summed E-state index contributed by atoms with van der Waals surface area (Å²) < 4.78 is 17.4. The normalized spacial score (nSPS) is 11.7. The molecule has 0 N–H and O–H groups in total. The minimum absolute atomic E-state index is 0. The monoisotopic (exact) mass is 877 g/mol. The minimum Gasteiger partial charge on any atom is -0.510 e. The van der Waals surface area contributed by atoms with E-state index in [0.29, 0.717) is 11.5 Å². The predicted molar refractivity (Wildman–Crippen MR) is 210 cm³/mol. The number of ether oxygens (including phenoxy) is 1. The molecule has 11 aromatic rings. The molecule has 0 bridgehead atoms. The van der Waals surface area contributed by atoms with Gasteiger partial charge in [-0.15, -0.1) is 29.7 Å². The Hall–Kier alpha value is -6.43. The van der Waals surface area contributed by atoms with Crippen LogP contribution in [0.3, 0.4) is 0 Å². The number of hydrogen-bond acceptors (Lipinski definition) is 2. The Morgan fingerprint density at radius 2 is 1.28 bits per heavy atom. The number of aromatic nitrogens is 6. The Bertz CT molecular complexity index is 3230. The largest absolute Gasteiger partial charge is 0.510 e. The van der Waals surface area contributed by atoms with Gasteiger partial charge in [0.2, 0.25) is 0 Å². The van der Waals surface area contributed by atoms with Gasteiger partial charge in [-0.1, -0.05) is 66.2 Å². The number of benzene rings is 6. The van der Waals surface area contributed by atoms with Gasteiger partial charge in [0.15, 0.2) is 0 Å². The van der Waals surface area contributed by atoms with Crippen LogP contribution >= 0.6 is 0 Å². The summed E-state index contributed by atoms with van der Waals surface area (Å²) in [6.45, 7) is 0. The number of rotatable bonds is 5. The Kier molecular flexibility index (Phi) is 7.36. The molecule has 0 aliphatic rings. The molecule has 0 spiro atoms. The first-order chi connectivity index (χ1) is 26.1. The molecule has 8 heteroatoms. The third-order valence-electron chi connectivity index (χ3n) is 10.5. The smallest absolute Gasteiger partial charge is 0.267 e.